The Bertz CT molecular complexity index is 1220. The molecule has 1 fully saturated rings. The van der Waals surface area contributed by atoms with E-state index < -0.39 is 12.6 Å². The van der Waals surface area contributed by atoms with E-state index in [-0.39, 0.29) is 28.0 Å². The number of nitrogen functional groups attached to an aromatic ring is 1. The predicted molar refractivity (Wildman–Crippen MR) is 121 cm³/mol. The molecule has 2 N–H and O–H groups in total. The van der Waals surface area contributed by atoms with Crippen LogP contribution in [-0.2, 0) is 11.2 Å². The number of pyridine rings is 1. The minimum absolute atomic E-state index is 0.0322. The van der Waals surface area contributed by atoms with E-state index in [1.807, 2.05) is 4.90 Å². The van der Waals surface area contributed by atoms with E-state index >= 15 is 0 Å². The molecule has 1 aliphatic heterocycles. The van der Waals surface area contributed by atoms with E-state index in [1.165, 1.54) is 24.5 Å². The van der Waals surface area contributed by atoms with Crippen LogP contribution in [-0.4, -0.2) is 58.1 Å². The van der Waals surface area contributed by atoms with Crippen molar-refractivity contribution in [2.24, 2.45) is 0 Å². The molecule has 3 aromatic rings. The van der Waals surface area contributed by atoms with Gasteiger partial charge in [-0.3, -0.25) is 4.79 Å². The van der Waals surface area contributed by atoms with E-state index in [9.17, 15) is 18.0 Å². The molecule has 1 amide bonds. The third kappa shape index (κ3) is 4.85. The zero-order chi connectivity index (χ0) is 23.8. The third-order valence-corrected chi connectivity index (χ3v) is 5.73. The SMILES string of the molecule is C=CC(=O)N1CCN(c2ncnc3cc(-c4nc(N)ccc4CC(F)(F)F)c(Cl)cc23)CC1. The average Bonchev–Trinajstić information content (AvgIpc) is 2.78. The van der Waals surface area contributed by atoms with Crippen LogP contribution >= 0.6 is 11.6 Å². The number of alkyl halides is 3. The molecule has 1 aliphatic rings. The van der Waals surface area contributed by atoms with Crippen LogP contribution in [0, 0.1) is 0 Å². The first kappa shape index (κ1) is 22.8. The topological polar surface area (TPSA) is 88.2 Å². The van der Waals surface area contributed by atoms with Gasteiger partial charge in [-0.25, -0.2) is 15.0 Å². The monoisotopic (exact) mass is 476 g/mol. The van der Waals surface area contributed by atoms with Crippen molar-refractivity contribution >= 4 is 40.0 Å². The molecule has 1 aromatic carbocycles. The molecule has 0 saturated carbocycles. The van der Waals surface area contributed by atoms with Gasteiger partial charge in [-0.15, -0.1) is 0 Å². The number of benzene rings is 1. The summed E-state index contributed by atoms with van der Waals surface area (Å²) in [5, 5.41) is 0.858. The first-order chi connectivity index (χ1) is 15.7. The molecule has 7 nitrogen and oxygen atoms in total. The zero-order valence-electron chi connectivity index (χ0n) is 17.4. The summed E-state index contributed by atoms with van der Waals surface area (Å²) >= 11 is 6.53. The molecule has 4 rings (SSSR count). The summed E-state index contributed by atoms with van der Waals surface area (Å²) in [7, 11) is 0. The van der Waals surface area contributed by atoms with E-state index in [1.54, 1.807) is 17.0 Å². The standard InChI is InChI=1S/C22H20ClF3N6O/c1-2-19(33)31-5-7-32(8-6-31)21-15-9-16(23)14(10-17(15)28-12-29-21)20-13(11-22(24,25)26)3-4-18(27)30-20/h2-4,9-10,12H,1,5-8,11H2,(H2,27,30). The van der Waals surface area contributed by atoms with Crippen molar-refractivity contribution in [3.63, 3.8) is 0 Å². The Kier molecular flexibility index (Phi) is 6.11. The van der Waals surface area contributed by atoms with Gasteiger partial charge in [-0.2, -0.15) is 13.2 Å². The third-order valence-electron chi connectivity index (χ3n) is 5.41. The summed E-state index contributed by atoms with van der Waals surface area (Å²) in [5.74, 6) is 0.594. The van der Waals surface area contributed by atoms with Gasteiger partial charge in [0, 0.05) is 37.1 Å². The Morgan fingerprint density at radius 1 is 1.18 bits per heavy atom. The maximum Gasteiger partial charge on any atom is 0.393 e. The van der Waals surface area contributed by atoms with Gasteiger partial charge in [0.05, 0.1) is 22.7 Å². The summed E-state index contributed by atoms with van der Waals surface area (Å²) in [6.07, 6.45) is -2.90. The molecule has 11 heteroatoms. The molecule has 0 bridgehead atoms. The summed E-state index contributed by atoms with van der Waals surface area (Å²) in [4.78, 5) is 28.4. The molecule has 33 heavy (non-hydrogen) atoms. The molecule has 0 spiro atoms. The van der Waals surface area contributed by atoms with E-state index in [0.29, 0.717) is 48.5 Å². The number of anilines is 2. The van der Waals surface area contributed by atoms with Crippen LogP contribution in [0.2, 0.25) is 5.02 Å². The van der Waals surface area contributed by atoms with Crippen molar-refractivity contribution in [1.29, 1.82) is 0 Å². The molecule has 172 valence electrons. The van der Waals surface area contributed by atoms with Gasteiger partial charge in [0.15, 0.2) is 0 Å². The van der Waals surface area contributed by atoms with Gasteiger partial charge in [-0.05, 0) is 29.8 Å². The number of nitrogens with two attached hydrogens (primary N) is 1. The lowest BCUT2D eigenvalue weighted by molar-refractivity contribution is -0.127. The largest absolute Gasteiger partial charge is 0.393 e. The van der Waals surface area contributed by atoms with Gasteiger partial charge in [0.1, 0.15) is 18.0 Å². The Labute approximate surface area is 192 Å². The number of halogens is 4. The fraction of sp³-hybridized carbons (Fsp3) is 0.273. The smallest absolute Gasteiger partial charge is 0.384 e. The second kappa shape index (κ2) is 8.86. The lowest BCUT2D eigenvalue weighted by Gasteiger charge is -2.35. The molecule has 2 aromatic heterocycles. The molecule has 0 atom stereocenters. The van der Waals surface area contributed by atoms with E-state index in [0.717, 1.165) is 0 Å². The molecule has 1 saturated heterocycles. The van der Waals surface area contributed by atoms with E-state index in [2.05, 4.69) is 21.5 Å². The van der Waals surface area contributed by atoms with Gasteiger partial charge in [0.2, 0.25) is 5.91 Å². The van der Waals surface area contributed by atoms with Crippen molar-refractivity contribution in [3.8, 4) is 11.3 Å². The maximum atomic E-state index is 13.1. The second-order valence-corrected chi connectivity index (χ2v) is 8.01. The van der Waals surface area contributed by atoms with Crippen LogP contribution in [0.4, 0.5) is 24.8 Å². The fourth-order valence-electron chi connectivity index (χ4n) is 3.86. The molecule has 3 heterocycles. The fourth-order valence-corrected chi connectivity index (χ4v) is 4.11. The molecular formula is C22H20ClF3N6O. The minimum atomic E-state index is -4.42. The van der Waals surface area contributed by atoms with Crippen LogP contribution < -0.4 is 10.6 Å². The van der Waals surface area contributed by atoms with Gasteiger partial charge < -0.3 is 15.5 Å². The minimum Gasteiger partial charge on any atom is -0.384 e. The van der Waals surface area contributed by atoms with Crippen LogP contribution in [0.5, 0.6) is 0 Å². The molecular weight excluding hydrogens is 457 g/mol. The van der Waals surface area contributed by atoms with Crippen molar-refractivity contribution < 1.29 is 18.0 Å². The highest BCUT2D eigenvalue weighted by atomic mass is 35.5. The zero-order valence-corrected chi connectivity index (χ0v) is 18.2. The normalized spacial score (nSPS) is 14.5. The summed E-state index contributed by atoms with van der Waals surface area (Å²) in [6, 6.07) is 5.87. The molecule has 0 radical (unpaired) electrons. The van der Waals surface area contributed by atoms with E-state index in [4.69, 9.17) is 17.3 Å². The second-order valence-electron chi connectivity index (χ2n) is 7.60. The van der Waals surface area contributed by atoms with Gasteiger partial charge in [0.25, 0.3) is 0 Å². The Morgan fingerprint density at radius 2 is 1.91 bits per heavy atom. The lowest BCUT2D eigenvalue weighted by atomic mass is 10.0. The van der Waals surface area contributed by atoms with Crippen LogP contribution in [0.1, 0.15) is 5.56 Å². The Hall–Kier alpha value is -3.40. The lowest BCUT2D eigenvalue weighted by Crippen LogP contribution is -2.48. The van der Waals surface area contributed by atoms with Gasteiger partial charge in [-0.1, -0.05) is 24.2 Å². The highest BCUT2D eigenvalue weighted by Crippen LogP contribution is 2.37. The highest BCUT2D eigenvalue weighted by Gasteiger charge is 2.30. The summed E-state index contributed by atoms with van der Waals surface area (Å²) < 4.78 is 39.3. The summed E-state index contributed by atoms with van der Waals surface area (Å²) in [6.45, 7) is 5.64. The number of hydrogen-bond acceptors (Lipinski definition) is 6. The Balaban J connectivity index is 1.73. The van der Waals surface area contributed by atoms with Crippen molar-refractivity contribution in [2.75, 3.05) is 36.8 Å². The highest BCUT2D eigenvalue weighted by molar-refractivity contribution is 6.34. The number of rotatable bonds is 4. The van der Waals surface area contributed by atoms with Crippen LogP contribution in [0.15, 0.2) is 43.2 Å². The number of aromatic nitrogens is 3. The number of nitrogens with zero attached hydrogens (tertiary/aromatic N) is 5. The quantitative estimate of drug-likeness (QED) is 0.575. The number of amides is 1. The van der Waals surface area contributed by atoms with Gasteiger partial charge >= 0.3 is 6.18 Å². The van der Waals surface area contributed by atoms with Crippen LogP contribution in [0.25, 0.3) is 22.2 Å². The number of hydrogen-bond donors (Lipinski definition) is 1. The Morgan fingerprint density at radius 3 is 2.58 bits per heavy atom. The number of piperazine rings is 1. The van der Waals surface area contributed by atoms with Crippen molar-refractivity contribution in [3.05, 3.63) is 53.8 Å². The average molecular weight is 477 g/mol. The molecule has 0 aliphatic carbocycles. The first-order valence-electron chi connectivity index (χ1n) is 10.1. The number of carbonyl (C=O) groups excluding carboxylic acids is 1. The van der Waals surface area contributed by atoms with Crippen LogP contribution in [0.3, 0.4) is 0 Å². The maximum absolute atomic E-state index is 13.1. The predicted octanol–water partition coefficient (Wildman–Crippen LogP) is 3.87. The van der Waals surface area contributed by atoms with Crippen molar-refractivity contribution in [2.45, 2.75) is 12.6 Å². The number of carbonyl (C=O) groups is 1. The van der Waals surface area contributed by atoms with Crippen molar-refractivity contribution in [1.82, 2.24) is 19.9 Å². The number of fused-ring (bicyclic) bond motifs is 1. The summed E-state index contributed by atoms with van der Waals surface area (Å²) in [5.41, 5.74) is 6.60. The molecule has 0 unspecified atom stereocenters. The first-order valence-corrected chi connectivity index (χ1v) is 10.5.